The normalized spacial score (nSPS) is 13.8. The molecule has 4 rings (SSSR count). The van der Waals surface area contributed by atoms with Gasteiger partial charge in [0.05, 0.1) is 15.8 Å². The highest BCUT2D eigenvalue weighted by Gasteiger charge is 2.22. The molecule has 0 fully saturated rings. The van der Waals surface area contributed by atoms with Crippen LogP contribution in [0.15, 0.2) is 29.1 Å². The highest BCUT2D eigenvalue weighted by Crippen LogP contribution is 2.29. The molecule has 0 aliphatic carbocycles. The Bertz CT molecular complexity index is 1140. The highest BCUT2D eigenvalue weighted by atomic mass is 32.1. The number of carboxylic acid groups (broad SMARTS) is 1. The summed E-state index contributed by atoms with van der Waals surface area (Å²) in [6, 6.07) is 5.94. The number of nitrogens with zero attached hydrogens (tertiary/aromatic N) is 2. The number of carbonyl (C=O) groups is 2. The SMILES string of the molecule is Cc1c(C(=O)Nc2ccc(C(=O)O)cc2)sc2nc3n(c(=O)c12)CCCCC3. The minimum absolute atomic E-state index is 0.0690. The average Bonchev–Trinajstić information content (AvgIpc) is 2.84. The van der Waals surface area contributed by atoms with Crippen LogP contribution >= 0.6 is 11.3 Å². The number of hydrogen-bond acceptors (Lipinski definition) is 5. The fraction of sp³-hybridized carbons (Fsp3) is 0.300. The van der Waals surface area contributed by atoms with Gasteiger partial charge in [0, 0.05) is 18.7 Å². The number of carboxylic acids is 1. The molecule has 2 N–H and O–H groups in total. The first kappa shape index (κ1) is 18.4. The van der Waals surface area contributed by atoms with Crippen LogP contribution in [0.3, 0.4) is 0 Å². The average molecular weight is 397 g/mol. The number of aromatic nitrogens is 2. The Morgan fingerprint density at radius 3 is 2.64 bits per heavy atom. The zero-order valence-electron chi connectivity index (χ0n) is 15.3. The molecule has 0 saturated carbocycles. The standard InChI is InChI=1S/C20H19N3O4S/c1-11-15-18(22-14-5-3-2-4-10-23(14)19(15)25)28-16(11)17(24)21-13-8-6-12(7-9-13)20(26)27/h6-9H,2-5,10H2,1H3,(H,21,24)(H,26,27). The molecule has 0 spiro atoms. The van der Waals surface area contributed by atoms with Crippen LogP contribution in [-0.2, 0) is 13.0 Å². The van der Waals surface area contributed by atoms with Crippen molar-refractivity contribution in [3.05, 3.63) is 56.4 Å². The van der Waals surface area contributed by atoms with Crippen LogP contribution < -0.4 is 10.9 Å². The van der Waals surface area contributed by atoms with Crippen LogP contribution in [0.1, 0.15) is 50.7 Å². The number of fused-ring (bicyclic) bond motifs is 2. The monoisotopic (exact) mass is 397 g/mol. The summed E-state index contributed by atoms with van der Waals surface area (Å²) >= 11 is 1.22. The quantitative estimate of drug-likeness (QED) is 0.705. The molecule has 0 radical (unpaired) electrons. The Kier molecular flexibility index (Phi) is 4.72. The number of thiophene rings is 1. The molecule has 144 valence electrons. The highest BCUT2D eigenvalue weighted by molar-refractivity contribution is 7.20. The summed E-state index contributed by atoms with van der Waals surface area (Å²) < 4.78 is 1.75. The Morgan fingerprint density at radius 2 is 1.93 bits per heavy atom. The van der Waals surface area contributed by atoms with Crippen molar-refractivity contribution in [1.29, 1.82) is 0 Å². The molecule has 7 nitrogen and oxygen atoms in total. The van der Waals surface area contributed by atoms with Crippen LogP contribution in [0.25, 0.3) is 10.2 Å². The summed E-state index contributed by atoms with van der Waals surface area (Å²) in [7, 11) is 0. The minimum Gasteiger partial charge on any atom is -0.478 e. The second-order valence-electron chi connectivity index (χ2n) is 6.87. The summed E-state index contributed by atoms with van der Waals surface area (Å²) in [4.78, 5) is 42.4. The van der Waals surface area contributed by atoms with E-state index >= 15 is 0 Å². The van der Waals surface area contributed by atoms with E-state index in [9.17, 15) is 14.4 Å². The first-order chi connectivity index (χ1) is 13.5. The summed E-state index contributed by atoms with van der Waals surface area (Å²) in [6.07, 6.45) is 3.84. The minimum atomic E-state index is -1.02. The first-order valence-corrected chi connectivity index (χ1v) is 9.95. The van der Waals surface area contributed by atoms with E-state index in [1.807, 2.05) is 0 Å². The van der Waals surface area contributed by atoms with E-state index in [1.165, 1.54) is 23.5 Å². The number of nitrogens with one attached hydrogen (secondary N) is 1. The second kappa shape index (κ2) is 7.20. The topological polar surface area (TPSA) is 101 Å². The van der Waals surface area contributed by atoms with E-state index in [0.717, 1.165) is 31.5 Å². The lowest BCUT2D eigenvalue weighted by Crippen LogP contribution is -2.24. The van der Waals surface area contributed by atoms with E-state index in [2.05, 4.69) is 10.3 Å². The van der Waals surface area contributed by atoms with Gasteiger partial charge in [-0.15, -0.1) is 11.3 Å². The van der Waals surface area contributed by atoms with Crippen LogP contribution in [-0.4, -0.2) is 26.5 Å². The molecule has 0 saturated heterocycles. The molecular formula is C20H19N3O4S. The molecule has 0 atom stereocenters. The molecule has 28 heavy (non-hydrogen) atoms. The van der Waals surface area contributed by atoms with Gasteiger partial charge < -0.3 is 10.4 Å². The predicted octanol–water partition coefficient (Wildman–Crippen LogP) is 3.44. The predicted molar refractivity (Wildman–Crippen MR) is 108 cm³/mol. The third kappa shape index (κ3) is 3.20. The lowest BCUT2D eigenvalue weighted by atomic mass is 10.2. The van der Waals surface area contributed by atoms with E-state index in [-0.39, 0.29) is 17.0 Å². The van der Waals surface area contributed by atoms with E-state index in [0.29, 0.717) is 32.9 Å². The van der Waals surface area contributed by atoms with Gasteiger partial charge in [-0.1, -0.05) is 6.42 Å². The van der Waals surface area contributed by atoms with Crippen molar-refractivity contribution < 1.29 is 14.7 Å². The van der Waals surface area contributed by atoms with Gasteiger partial charge in [-0.2, -0.15) is 0 Å². The van der Waals surface area contributed by atoms with Crippen LogP contribution in [0, 0.1) is 6.92 Å². The summed E-state index contributed by atoms with van der Waals surface area (Å²) in [6.45, 7) is 2.44. The molecule has 0 bridgehead atoms. The van der Waals surface area contributed by atoms with Crippen LogP contribution in [0.2, 0.25) is 0 Å². The Balaban J connectivity index is 1.69. The molecule has 2 aromatic heterocycles. The number of carbonyl (C=O) groups excluding carboxylic acids is 1. The molecule has 3 heterocycles. The number of hydrogen-bond donors (Lipinski definition) is 2. The van der Waals surface area contributed by atoms with Gasteiger partial charge in [-0.25, -0.2) is 9.78 Å². The second-order valence-corrected chi connectivity index (χ2v) is 7.87. The number of anilines is 1. The maximum Gasteiger partial charge on any atom is 0.335 e. The van der Waals surface area contributed by atoms with Crippen molar-refractivity contribution in [2.75, 3.05) is 5.32 Å². The summed E-state index contributed by atoms with van der Waals surface area (Å²) in [5.41, 5.74) is 1.21. The molecule has 1 aliphatic heterocycles. The molecule has 3 aromatic rings. The Labute approximate surface area is 164 Å². The largest absolute Gasteiger partial charge is 0.478 e. The van der Waals surface area contributed by atoms with Gasteiger partial charge in [0.25, 0.3) is 11.5 Å². The smallest absolute Gasteiger partial charge is 0.335 e. The molecule has 1 aliphatic rings. The van der Waals surface area contributed by atoms with Crippen molar-refractivity contribution in [2.45, 2.75) is 39.2 Å². The van der Waals surface area contributed by atoms with Crippen molar-refractivity contribution in [1.82, 2.24) is 9.55 Å². The molecule has 1 amide bonds. The van der Waals surface area contributed by atoms with Gasteiger partial charge >= 0.3 is 5.97 Å². The van der Waals surface area contributed by atoms with Crippen molar-refractivity contribution in [3.8, 4) is 0 Å². The number of aromatic carboxylic acids is 1. The third-order valence-corrected chi connectivity index (χ3v) is 6.19. The number of amides is 1. The zero-order chi connectivity index (χ0) is 19.8. The van der Waals surface area contributed by atoms with Gasteiger partial charge in [-0.05, 0) is 49.6 Å². The van der Waals surface area contributed by atoms with E-state index < -0.39 is 5.97 Å². The fourth-order valence-corrected chi connectivity index (χ4v) is 4.60. The van der Waals surface area contributed by atoms with Gasteiger partial charge in [0.1, 0.15) is 10.7 Å². The lowest BCUT2D eigenvalue weighted by molar-refractivity contribution is 0.0696. The van der Waals surface area contributed by atoms with Crippen LogP contribution in [0.4, 0.5) is 5.69 Å². The van der Waals surface area contributed by atoms with Gasteiger partial charge in [-0.3, -0.25) is 14.2 Å². The summed E-state index contributed by atoms with van der Waals surface area (Å²) in [5, 5.41) is 12.2. The Morgan fingerprint density at radius 1 is 1.18 bits per heavy atom. The number of aryl methyl sites for hydroxylation is 2. The fourth-order valence-electron chi connectivity index (χ4n) is 3.51. The van der Waals surface area contributed by atoms with Crippen molar-refractivity contribution >= 4 is 39.1 Å². The maximum absolute atomic E-state index is 13.0. The lowest BCUT2D eigenvalue weighted by Gasteiger charge is -2.08. The van der Waals surface area contributed by atoms with Crippen molar-refractivity contribution in [3.63, 3.8) is 0 Å². The first-order valence-electron chi connectivity index (χ1n) is 9.13. The third-order valence-electron chi connectivity index (χ3n) is 5.01. The van der Waals surface area contributed by atoms with Gasteiger partial charge in [0.15, 0.2) is 0 Å². The van der Waals surface area contributed by atoms with Crippen LogP contribution in [0.5, 0.6) is 0 Å². The van der Waals surface area contributed by atoms with E-state index in [1.54, 1.807) is 23.6 Å². The zero-order valence-corrected chi connectivity index (χ0v) is 16.1. The molecule has 1 aromatic carbocycles. The molecule has 0 unspecified atom stereocenters. The summed E-state index contributed by atoms with van der Waals surface area (Å²) in [5.74, 6) is -0.555. The Hall–Kier alpha value is -3.00. The van der Waals surface area contributed by atoms with Gasteiger partial charge in [0.2, 0.25) is 0 Å². The molecule has 8 heteroatoms. The molecular weight excluding hydrogens is 378 g/mol. The number of benzene rings is 1. The van der Waals surface area contributed by atoms with E-state index in [4.69, 9.17) is 5.11 Å². The van der Waals surface area contributed by atoms with Crippen molar-refractivity contribution in [2.24, 2.45) is 0 Å². The number of rotatable bonds is 3. The maximum atomic E-state index is 13.0.